The fraction of sp³-hybridized carbons (Fsp3) is 0.250. The molecular formula is C32H34N6O3. The summed E-state index contributed by atoms with van der Waals surface area (Å²) in [7, 11) is 0. The minimum absolute atomic E-state index is 0.0542. The van der Waals surface area contributed by atoms with E-state index in [0.29, 0.717) is 47.1 Å². The van der Waals surface area contributed by atoms with Crippen LogP contribution in [-0.2, 0) is 12.0 Å². The van der Waals surface area contributed by atoms with Gasteiger partial charge in [-0.1, -0.05) is 69.3 Å². The van der Waals surface area contributed by atoms with Crippen LogP contribution >= 0.6 is 0 Å². The van der Waals surface area contributed by atoms with Crippen molar-refractivity contribution in [3.8, 4) is 29.1 Å². The van der Waals surface area contributed by atoms with Gasteiger partial charge in [-0.15, -0.1) is 0 Å². The number of benzene rings is 3. The third kappa shape index (κ3) is 6.14. The Morgan fingerprint density at radius 2 is 1.66 bits per heavy atom. The first-order valence-electron chi connectivity index (χ1n) is 13.5. The van der Waals surface area contributed by atoms with Crippen molar-refractivity contribution in [2.45, 2.75) is 46.6 Å². The lowest BCUT2D eigenvalue weighted by Gasteiger charge is -2.23. The van der Waals surface area contributed by atoms with Gasteiger partial charge in [-0.05, 0) is 43.0 Å². The van der Waals surface area contributed by atoms with Crippen LogP contribution in [0.5, 0.6) is 29.1 Å². The number of nitrogen functional groups attached to an aromatic ring is 1. The molecule has 0 unspecified atom stereocenters. The molecule has 9 heteroatoms. The second kappa shape index (κ2) is 11.3. The van der Waals surface area contributed by atoms with E-state index in [0.717, 1.165) is 17.0 Å². The number of ether oxygens (including phenoxy) is 3. The van der Waals surface area contributed by atoms with E-state index >= 15 is 0 Å². The number of nitrogens with two attached hydrogens (primary N) is 1. The lowest BCUT2D eigenvalue weighted by Crippen LogP contribution is -2.16. The Hall–Kier alpha value is -4.92. The molecule has 0 saturated carbocycles. The van der Waals surface area contributed by atoms with Gasteiger partial charge >= 0.3 is 6.01 Å². The van der Waals surface area contributed by atoms with E-state index in [4.69, 9.17) is 35.3 Å². The first-order valence-corrected chi connectivity index (χ1v) is 13.5. The van der Waals surface area contributed by atoms with E-state index < -0.39 is 0 Å². The Morgan fingerprint density at radius 1 is 0.902 bits per heavy atom. The number of fused-ring (bicyclic) bond motifs is 1. The molecule has 3 aromatic carbocycles. The predicted molar refractivity (Wildman–Crippen MR) is 160 cm³/mol. The molecule has 0 radical (unpaired) electrons. The molecule has 3 N–H and O–H groups in total. The molecule has 210 valence electrons. The van der Waals surface area contributed by atoms with Crippen molar-refractivity contribution in [1.29, 1.82) is 5.41 Å². The van der Waals surface area contributed by atoms with Crippen LogP contribution in [0.1, 0.15) is 50.2 Å². The number of amidine groups is 1. The summed E-state index contributed by atoms with van der Waals surface area (Å²) in [5, 5.41) is 7.94. The highest BCUT2D eigenvalue weighted by Crippen LogP contribution is 2.37. The maximum atomic E-state index is 7.94. The Kier molecular flexibility index (Phi) is 7.61. The van der Waals surface area contributed by atoms with E-state index in [1.54, 1.807) is 12.1 Å². The van der Waals surface area contributed by atoms with Gasteiger partial charge in [0.15, 0.2) is 11.2 Å². The molecule has 5 aromatic rings. The second-order valence-corrected chi connectivity index (χ2v) is 10.7. The zero-order valence-electron chi connectivity index (χ0n) is 23.9. The van der Waals surface area contributed by atoms with Crippen LogP contribution in [-0.4, -0.2) is 32.0 Å². The molecule has 9 nitrogen and oxygen atoms in total. The van der Waals surface area contributed by atoms with Gasteiger partial charge in [0, 0.05) is 17.2 Å². The Labute approximate surface area is 239 Å². The number of hydrogen-bond acceptors (Lipinski definition) is 7. The van der Waals surface area contributed by atoms with Crippen LogP contribution in [0, 0.1) is 12.3 Å². The largest absolute Gasteiger partial charge is 0.494 e. The van der Waals surface area contributed by atoms with Crippen LogP contribution in [0.15, 0.2) is 72.8 Å². The summed E-state index contributed by atoms with van der Waals surface area (Å²) in [5.41, 5.74) is 9.22. The minimum atomic E-state index is -0.251. The number of hydrogen-bond donors (Lipinski definition) is 2. The zero-order valence-corrected chi connectivity index (χ0v) is 23.9. The normalized spacial score (nSPS) is 11.4. The lowest BCUT2D eigenvalue weighted by atomic mass is 9.85. The summed E-state index contributed by atoms with van der Waals surface area (Å²) in [5.74, 6) is 2.71. The molecule has 5 rings (SSSR count). The number of aromatic nitrogens is 4. The van der Waals surface area contributed by atoms with Gasteiger partial charge in [0.2, 0.25) is 0 Å². The van der Waals surface area contributed by atoms with Gasteiger partial charge in [-0.2, -0.15) is 9.97 Å². The molecule has 0 spiro atoms. The van der Waals surface area contributed by atoms with Crippen LogP contribution in [0.4, 0.5) is 0 Å². The van der Waals surface area contributed by atoms with Gasteiger partial charge in [0.1, 0.15) is 28.9 Å². The van der Waals surface area contributed by atoms with E-state index in [-0.39, 0.29) is 23.1 Å². The Bertz CT molecular complexity index is 1710. The molecule has 2 heterocycles. The number of imidazole rings is 1. The minimum Gasteiger partial charge on any atom is -0.494 e. The number of nitrogens with zero attached hydrogens (tertiary/aromatic N) is 4. The van der Waals surface area contributed by atoms with Gasteiger partial charge in [-0.25, -0.2) is 4.98 Å². The number of aryl methyl sites for hydroxylation is 1. The highest BCUT2D eigenvalue weighted by Gasteiger charge is 2.23. The topological polar surface area (TPSA) is 121 Å². The molecule has 0 aliphatic rings. The maximum Gasteiger partial charge on any atom is 0.327 e. The highest BCUT2D eigenvalue weighted by molar-refractivity contribution is 5.95. The third-order valence-electron chi connectivity index (χ3n) is 6.55. The smallest absolute Gasteiger partial charge is 0.327 e. The lowest BCUT2D eigenvalue weighted by molar-refractivity contribution is 0.337. The van der Waals surface area contributed by atoms with Crippen molar-refractivity contribution in [1.82, 2.24) is 19.5 Å². The molecule has 41 heavy (non-hydrogen) atoms. The van der Waals surface area contributed by atoms with Gasteiger partial charge < -0.3 is 24.5 Å². The molecule has 0 saturated heterocycles. The summed E-state index contributed by atoms with van der Waals surface area (Å²) in [4.78, 5) is 14.3. The fourth-order valence-corrected chi connectivity index (χ4v) is 4.54. The number of rotatable bonds is 9. The average Bonchev–Trinajstić information content (AvgIpc) is 3.24. The van der Waals surface area contributed by atoms with Crippen molar-refractivity contribution >= 4 is 17.0 Å². The van der Waals surface area contributed by atoms with Crippen LogP contribution < -0.4 is 19.9 Å². The van der Waals surface area contributed by atoms with E-state index in [1.165, 1.54) is 0 Å². The van der Waals surface area contributed by atoms with Gasteiger partial charge in [0.05, 0.1) is 13.2 Å². The predicted octanol–water partition coefficient (Wildman–Crippen LogP) is 6.75. The molecule has 0 aliphatic carbocycles. The quantitative estimate of drug-likeness (QED) is 0.154. The molecule has 0 bridgehead atoms. The summed E-state index contributed by atoms with van der Waals surface area (Å²) < 4.78 is 20.3. The molecule has 0 aliphatic heterocycles. The van der Waals surface area contributed by atoms with Crippen LogP contribution in [0.25, 0.3) is 11.2 Å². The van der Waals surface area contributed by atoms with E-state index in [2.05, 4.69) is 37.9 Å². The highest BCUT2D eigenvalue weighted by atomic mass is 16.5. The second-order valence-electron chi connectivity index (χ2n) is 10.7. The Morgan fingerprint density at radius 3 is 2.37 bits per heavy atom. The van der Waals surface area contributed by atoms with Crippen molar-refractivity contribution < 1.29 is 14.2 Å². The standard InChI is InChI=1S/C32H34N6O3/c1-6-39-23-13-10-14-24(18-23)40-30-27-29(38(20(2)35-27)19-21-11-8-7-9-12-21)36-31(37-30)41-26-17-22(28(33)34)15-16-25(26)32(3,4)5/h7-18H,6,19H2,1-5H3,(H3,33,34). The molecule has 0 amide bonds. The SMILES string of the molecule is CCOc1cccc(Oc2nc(Oc3cc(C(=N)N)ccc3C(C)(C)C)nc3c2nc(C)n3Cc2ccccc2)c1. The summed E-state index contributed by atoms with van der Waals surface area (Å²) in [6, 6.07) is 23.1. The van der Waals surface area contributed by atoms with Crippen molar-refractivity contribution in [2.75, 3.05) is 6.61 Å². The zero-order chi connectivity index (χ0) is 29.1. The van der Waals surface area contributed by atoms with E-state index in [9.17, 15) is 0 Å². The summed E-state index contributed by atoms with van der Waals surface area (Å²) >= 11 is 0. The monoisotopic (exact) mass is 550 g/mol. The molecular weight excluding hydrogens is 516 g/mol. The molecule has 2 aromatic heterocycles. The molecule has 0 atom stereocenters. The van der Waals surface area contributed by atoms with E-state index in [1.807, 2.05) is 66.9 Å². The summed E-state index contributed by atoms with van der Waals surface area (Å²) in [6.07, 6.45) is 0. The number of nitrogens with one attached hydrogen (secondary N) is 1. The average molecular weight is 551 g/mol. The van der Waals surface area contributed by atoms with Crippen molar-refractivity contribution in [3.63, 3.8) is 0 Å². The molecule has 0 fully saturated rings. The third-order valence-corrected chi connectivity index (χ3v) is 6.55. The summed E-state index contributed by atoms with van der Waals surface area (Å²) in [6.45, 7) is 11.2. The van der Waals surface area contributed by atoms with Gasteiger partial charge in [0.25, 0.3) is 5.88 Å². The Balaban J connectivity index is 1.65. The first-order chi connectivity index (χ1) is 19.6. The van der Waals surface area contributed by atoms with Crippen molar-refractivity contribution in [2.24, 2.45) is 5.73 Å². The maximum absolute atomic E-state index is 7.94. The van der Waals surface area contributed by atoms with Crippen molar-refractivity contribution in [3.05, 3.63) is 95.3 Å². The van der Waals surface area contributed by atoms with Crippen LogP contribution in [0.2, 0.25) is 0 Å². The van der Waals surface area contributed by atoms with Crippen LogP contribution in [0.3, 0.4) is 0 Å². The van der Waals surface area contributed by atoms with Gasteiger partial charge in [-0.3, -0.25) is 5.41 Å². The first kappa shape index (κ1) is 27.6. The fourth-order valence-electron chi connectivity index (χ4n) is 4.54.